The van der Waals surface area contributed by atoms with Crippen LogP contribution < -0.4 is 0 Å². The topological polar surface area (TPSA) is 51.8 Å². The van der Waals surface area contributed by atoms with E-state index in [9.17, 15) is 0 Å². The average Bonchev–Trinajstić information content (AvgIpc) is 3.57. The second kappa shape index (κ2) is 11.0. The van der Waals surface area contributed by atoms with Crippen LogP contribution in [0.2, 0.25) is 0 Å². The van der Waals surface area contributed by atoms with Crippen molar-refractivity contribution in [2.75, 3.05) is 0 Å². The average molecular weight is 626 g/mol. The van der Waals surface area contributed by atoms with Crippen LogP contribution in [-0.4, -0.2) is 15.0 Å². The van der Waals surface area contributed by atoms with Crippen LogP contribution in [0.15, 0.2) is 168 Å². The van der Waals surface area contributed by atoms with Crippen molar-refractivity contribution in [1.82, 2.24) is 15.0 Å². The van der Waals surface area contributed by atoms with Crippen molar-refractivity contribution >= 4 is 54.3 Å². The quantitative estimate of drug-likeness (QED) is 0.183. The minimum absolute atomic E-state index is 0.644. The highest BCUT2D eigenvalue weighted by Crippen LogP contribution is 2.41. The van der Waals surface area contributed by atoms with Gasteiger partial charge in [-0.05, 0) is 67.7 Å². The molecule has 0 fully saturated rings. The van der Waals surface area contributed by atoms with Crippen molar-refractivity contribution < 1.29 is 4.42 Å². The molecule has 0 bridgehead atoms. The lowest BCUT2D eigenvalue weighted by Gasteiger charge is -2.14. The normalized spacial score (nSPS) is 11.7. The van der Waals surface area contributed by atoms with Crippen molar-refractivity contribution in [2.45, 2.75) is 0 Å². The summed E-state index contributed by atoms with van der Waals surface area (Å²) in [4.78, 5) is 14.9. The van der Waals surface area contributed by atoms with E-state index in [0.29, 0.717) is 17.5 Å². The van der Waals surface area contributed by atoms with Gasteiger partial charge in [-0.2, -0.15) is 0 Å². The van der Waals surface area contributed by atoms with E-state index in [1.165, 1.54) is 26.9 Å². The van der Waals surface area contributed by atoms with Gasteiger partial charge in [0.1, 0.15) is 11.2 Å². The fourth-order valence-electron chi connectivity index (χ4n) is 7.22. The van der Waals surface area contributed by atoms with Gasteiger partial charge in [0, 0.05) is 27.5 Å². The first-order valence-corrected chi connectivity index (χ1v) is 16.4. The summed E-state index contributed by atoms with van der Waals surface area (Å²) in [5.74, 6) is 1.95. The minimum Gasteiger partial charge on any atom is -0.456 e. The molecule has 0 N–H and O–H groups in total. The Morgan fingerprint density at radius 2 is 0.776 bits per heavy atom. The Labute approximate surface area is 282 Å². The molecule has 0 unspecified atom stereocenters. The number of fused-ring (bicyclic) bond motifs is 9. The van der Waals surface area contributed by atoms with Gasteiger partial charge < -0.3 is 4.42 Å². The number of para-hydroxylation sites is 1. The summed E-state index contributed by atoms with van der Waals surface area (Å²) in [5, 5.41) is 9.45. The number of nitrogens with zero attached hydrogens (tertiary/aromatic N) is 3. The van der Waals surface area contributed by atoms with Crippen LogP contribution in [0.25, 0.3) is 99.5 Å². The molecule has 0 saturated carbocycles. The maximum Gasteiger partial charge on any atom is 0.164 e. The van der Waals surface area contributed by atoms with E-state index < -0.39 is 0 Å². The largest absolute Gasteiger partial charge is 0.456 e. The summed E-state index contributed by atoms with van der Waals surface area (Å²) in [6, 6.07) is 57.0. The van der Waals surface area contributed by atoms with E-state index >= 15 is 0 Å². The van der Waals surface area contributed by atoms with Crippen LogP contribution >= 0.6 is 0 Å². The molecule has 4 nitrogen and oxygen atoms in total. The Balaban J connectivity index is 1.21. The van der Waals surface area contributed by atoms with E-state index in [1.54, 1.807) is 0 Å². The second-order valence-corrected chi connectivity index (χ2v) is 12.4. The van der Waals surface area contributed by atoms with E-state index in [0.717, 1.165) is 55.1 Å². The van der Waals surface area contributed by atoms with E-state index in [1.807, 2.05) is 72.8 Å². The Morgan fingerprint density at radius 3 is 1.45 bits per heavy atom. The number of benzene rings is 8. The van der Waals surface area contributed by atoms with Gasteiger partial charge in [0.2, 0.25) is 0 Å². The van der Waals surface area contributed by atoms with Crippen molar-refractivity contribution in [3.05, 3.63) is 164 Å². The molecule has 228 valence electrons. The zero-order valence-electron chi connectivity index (χ0n) is 26.3. The molecule has 0 saturated heterocycles. The van der Waals surface area contributed by atoms with Crippen molar-refractivity contribution in [3.63, 3.8) is 0 Å². The van der Waals surface area contributed by atoms with E-state index in [4.69, 9.17) is 19.4 Å². The molecular weight excluding hydrogens is 599 g/mol. The third-order valence-electron chi connectivity index (χ3n) is 9.51. The smallest absolute Gasteiger partial charge is 0.164 e. The molecule has 10 aromatic rings. The molecule has 4 heteroatoms. The maximum absolute atomic E-state index is 6.24. The Hall–Kier alpha value is -6.65. The molecule has 49 heavy (non-hydrogen) atoms. The summed E-state index contributed by atoms with van der Waals surface area (Å²) in [6.07, 6.45) is 0. The molecule has 0 radical (unpaired) electrons. The SMILES string of the molecule is c1ccc(-c2nc(-c3ccccc3)nc(-c3ccc4c5ccccc5c5cc(-c6cccc7oc8ccccc8c67)ccc5c4c3)n2)cc1. The highest BCUT2D eigenvalue weighted by atomic mass is 16.3. The summed E-state index contributed by atoms with van der Waals surface area (Å²) < 4.78 is 6.24. The first-order valence-electron chi connectivity index (χ1n) is 16.4. The number of rotatable bonds is 4. The fraction of sp³-hybridized carbons (Fsp3) is 0. The van der Waals surface area contributed by atoms with Gasteiger partial charge >= 0.3 is 0 Å². The molecule has 0 atom stereocenters. The molecule has 0 aliphatic rings. The molecule has 0 aliphatic heterocycles. The fourth-order valence-corrected chi connectivity index (χ4v) is 7.22. The van der Waals surface area contributed by atoms with Gasteiger partial charge in [0.05, 0.1) is 0 Å². The Bertz CT molecular complexity index is 2820. The first kappa shape index (κ1) is 27.5. The minimum atomic E-state index is 0.644. The number of furan rings is 1. The Morgan fingerprint density at radius 1 is 0.306 bits per heavy atom. The van der Waals surface area contributed by atoms with Gasteiger partial charge in [-0.25, -0.2) is 15.0 Å². The second-order valence-electron chi connectivity index (χ2n) is 12.4. The number of hydrogen-bond acceptors (Lipinski definition) is 4. The monoisotopic (exact) mass is 625 g/mol. The lowest BCUT2D eigenvalue weighted by atomic mass is 9.90. The molecule has 0 amide bonds. The molecule has 10 rings (SSSR count). The zero-order chi connectivity index (χ0) is 32.3. The Kier molecular flexibility index (Phi) is 6.15. The third-order valence-corrected chi connectivity index (χ3v) is 9.51. The molecule has 0 aliphatic carbocycles. The van der Waals surface area contributed by atoms with Crippen LogP contribution in [-0.2, 0) is 0 Å². The molecule has 2 heterocycles. The van der Waals surface area contributed by atoms with Gasteiger partial charge in [-0.15, -0.1) is 0 Å². The highest BCUT2D eigenvalue weighted by Gasteiger charge is 2.17. The van der Waals surface area contributed by atoms with Crippen LogP contribution in [0.5, 0.6) is 0 Å². The van der Waals surface area contributed by atoms with Crippen molar-refractivity contribution in [1.29, 1.82) is 0 Å². The zero-order valence-corrected chi connectivity index (χ0v) is 26.3. The predicted molar refractivity (Wildman–Crippen MR) is 201 cm³/mol. The maximum atomic E-state index is 6.24. The van der Waals surface area contributed by atoms with Gasteiger partial charge in [-0.1, -0.05) is 140 Å². The van der Waals surface area contributed by atoms with Gasteiger partial charge in [-0.3, -0.25) is 0 Å². The van der Waals surface area contributed by atoms with Crippen LogP contribution in [0, 0.1) is 0 Å². The van der Waals surface area contributed by atoms with Gasteiger partial charge in [0.25, 0.3) is 0 Å². The van der Waals surface area contributed by atoms with Crippen molar-refractivity contribution in [3.8, 4) is 45.3 Å². The summed E-state index contributed by atoms with van der Waals surface area (Å²) in [6.45, 7) is 0. The molecule has 0 spiro atoms. The standard InChI is InChI=1S/C45H27N3O/c1-3-12-28(13-4-1)43-46-44(29-14-5-2-6-15-29)48-45(47-43)31-23-25-35-33-16-7-8-17-34(33)38-26-30(22-24-36(38)39(35)27-31)32-19-11-21-41-42(32)37-18-9-10-20-40(37)49-41/h1-27H. The molecule has 2 aromatic heterocycles. The first-order chi connectivity index (χ1) is 24.3. The summed E-state index contributed by atoms with van der Waals surface area (Å²) in [5.41, 5.74) is 6.96. The van der Waals surface area contributed by atoms with Gasteiger partial charge in [0.15, 0.2) is 17.5 Å². The summed E-state index contributed by atoms with van der Waals surface area (Å²) >= 11 is 0. The lowest BCUT2D eigenvalue weighted by Crippen LogP contribution is -2.00. The van der Waals surface area contributed by atoms with Crippen LogP contribution in [0.3, 0.4) is 0 Å². The lowest BCUT2D eigenvalue weighted by molar-refractivity contribution is 0.669. The third kappa shape index (κ3) is 4.49. The van der Waals surface area contributed by atoms with E-state index in [-0.39, 0.29) is 0 Å². The number of hydrogen-bond donors (Lipinski definition) is 0. The van der Waals surface area contributed by atoms with E-state index in [2.05, 4.69) is 91.0 Å². The van der Waals surface area contributed by atoms with Crippen LogP contribution in [0.1, 0.15) is 0 Å². The number of aromatic nitrogens is 3. The molecule has 8 aromatic carbocycles. The van der Waals surface area contributed by atoms with Crippen LogP contribution in [0.4, 0.5) is 0 Å². The molecular formula is C45H27N3O. The predicted octanol–water partition coefficient (Wildman–Crippen LogP) is 11.9. The summed E-state index contributed by atoms with van der Waals surface area (Å²) in [7, 11) is 0. The van der Waals surface area contributed by atoms with Crippen molar-refractivity contribution in [2.24, 2.45) is 0 Å². The highest BCUT2D eigenvalue weighted by molar-refractivity contribution is 6.26.